The summed E-state index contributed by atoms with van der Waals surface area (Å²) in [5.74, 6) is -0.549. The van der Waals surface area contributed by atoms with E-state index in [1.807, 2.05) is 30.3 Å². The van der Waals surface area contributed by atoms with Gasteiger partial charge < -0.3 is 15.4 Å². The predicted octanol–water partition coefficient (Wildman–Crippen LogP) is 1.24. The number of carbonyl (C=O) groups excluding carboxylic acids is 1. The van der Waals surface area contributed by atoms with E-state index in [1.54, 1.807) is 13.8 Å². The topological polar surface area (TPSA) is 95.1 Å². The smallest absolute Gasteiger partial charge is 0.279 e. The van der Waals surface area contributed by atoms with E-state index < -0.39 is 11.5 Å². The maximum Gasteiger partial charge on any atom is 0.279 e. The zero-order valence-corrected chi connectivity index (χ0v) is 12.6. The fourth-order valence-electron chi connectivity index (χ4n) is 2.14. The van der Waals surface area contributed by atoms with Crippen LogP contribution in [0.5, 0.6) is 0 Å². The molecule has 116 valence electrons. The van der Waals surface area contributed by atoms with Crippen molar-refractivity contribution >= 4 is 5.91 Å². The van der Waals surface area contributed by atoms with Crippen molar-refractivity contribution in [1.29, 1.82) is 0 Å². The van der Waals surface area contributed by atoms with Crippen molar-refractivity contribution in [2.45, 2.75) is 26.3 Å². The third-order valence-corrected chi connectivity index (χ3v) is 3.48. The van der Waals surface area contributed by atoms with Gasteiger partial charge in [0.2, 0.25) is 0 Å². The molecule has 0 bridgehead atoms. The predicted molar refractivity (Wildman–Crippen MR) is 82.7 cm³/mol. The van der Waals surface area contributed by atoms with E-state index in [1.165, 1.54) is 0 Å². The van der Waals surface area contributed by atoms with E-state index in [9.17, 15) is 14.7 Å². The van der Waals surface area contributed by atoms with Crippen molar-refractivity contribution in [2.75, 3.05) is 6.61 Å². The summed E-state index contributed by atoms with van der Waals surface area (Å²) in [7, 11) is 0. The fraction of sp³-hybridized carbons (Fsp3) is 0.312. The summed E-state index contributed by atoms with van der Waals surface area (Å²) < 4.78 is 0. The lowest BCUT2D eigenvalue weighted by Gasteiger charge is -2.18. The Morgan fingerprint density at radius 2 is 2.00 bits per heavy atom. The van der Waals surface area contributed by atoms with E-state index in [0.717, 1.165) is 5.56 Å². The highest BCUT2D eigenvalue weighted by molar-refractivity contribution is 5.92. The number of hydrogen-bond donors (Lipinski definition) is 3. The van der Waals surface area contributed by atoms with Crippen molar-refractivity contribution in [3.8, 4) is 0 Å². The minimum absolute atomic E-state index is 0.0729. The molecular formula is C16H19N3O3. The van der Waals surface area contributed by atoms with Crippen LogP contribution in [0.1, 0.15) is 39.9 Å². The number of nitrogens with one attached hydrogen (secondary N) is 2. The van der Waals surface area contributed by atoms with Crippen LogP contribution in [0.3, 0.4) is 0 Å². The summed E-state index contributed by atoms with van der Waals surface area (Å²) in [4.78, 5) is 30.9. The number of benzene rings is 1. The molecular weight excluding hydrogens is 282 g/mol. The van der Waals surface area contributed by atoms with Gasteiger partial charge in [-0.05, 0) is 25.8 Å². The molecule has 0 saturated carbocycles. The Kier molecular flexibility index (Phi) is 5.06. The average molecular weight is 301 g/mol. The van der Waals surface area contributed by atoms with Crippen LogP contribution < -0.4 is 10.9 Å². The number of carbonyl (C=O) groups is 1. The first-order chi connectivity index (χ1) is 10.5. The third-order valence-electron chi connectivity index (χ3n) is 3.48. The molecule has 0 spiro atoms. The van der Waals surface area contributed by atoms with E-state index in [-0.39, 0.29) is 18.3 Å². The van der Waals surface area contributed by atoms with Gasteiger partial charge in [-0.2, -0.15) is 0 Å². The van der Waals surface area contributed by atoms with E-state index in [0.29, 0.717) is 17.8 Å². The molecule has 0 saturated heterocycles. The quantitative estimate of drug-likeness (QED) is 0.774. The van der Waals surface area contributed by atoms with Crippen LogP contribution >= 0.6 is 0 Å². The van der Waals surface area contributed by atoms with Crippen molar-refractivity contribution in [3.63, 3.8) is 0 Å². The molecule has 1 atom stereocenters. The number of aromatic amines is 1. The number of aliphatic hydroxyl groups excluding tert-OH is 1. The Labute approximate surface area is 128 Å². The standard InChI is InChI=1S/C16H19N3O3/c1-10-11(2)18-15(21)14(17-10)16(22)19-13(8-9-20)12-6-4-3-5-7-12/h3-7,13,20H,8-9H2,1-2H3,(H,18,21)(H,19,22). The second kappa shape index (κ2) is 7.00. The number of rotatable bonds is 5. The van der Waals surface area contributed by atoms with Gasteiger partial charge in [0.15, 0.2) is 5.69 Å². The molecule has 0 fully saturated rings. The zero-order chi connectivity index (χ0) is 16.1. The van der Waals surface area contributed by atoms with Crippen molar-refractivity contribution in [2.24, 2.45) is 0 Å². The van der Waals surface area contributed by atoms with E-state index >= 15 is 0 Å². The Hall–Kier alpha value is -2.47. The second-order valence-corrected chi connectivity index (χ2v) is 5.07. The molecule has 1 aromatic heterocycles. The van der Waals surface area contributed by atoms with Gasteiger partial charge in [-0.25, -0.2) is 4.98 Å². The van der Waals surface area contributed by atoms with Crippen molar-refractivity contribution in [1.82, 2.24) is 15.3 Å². The Bertz CT molecular complexity index is 710. The summed E-state index contributed by atoms with van der Waals surface area (Å²) >= 11 is 0. The zero-order valence-electron chi connectivity index (χ0n) is 12.6. The van der Waals surface area contributed by atoms with Gasteiger partial charge >= 0.3 is 0 Å². The average Bonchev–Trinajstić information content (AvgIpc) is 2.51. The van der Waals surface area contributed by atoms with Crippen LogP contribution in [0.25, 0.3) is 0 Å². The first-order valence-corrected chi connectivity index (χ1v) is 7.07. The van der Waals surface area contributed by atoms with E-state index in [4.69, 9.17) is 0 Å². The minimum atomic E-state index is -0.549. The molecule has 6 heteroatoms. The van der Waals surface area contributed by atoms with Gasteiger partial charge in [-0.1, -0.05) is 30.3 Å². The fourth-order valence-corrected chi connectivity index (χ4v) is 2.14. The first kappa shape index (κ1) is 15.9. The van der Waals surface area contributed by atoms with Crippen molar-refractivity contribution in [3.05, 3.63) is 63.3 Å². The molecule has 6 nitrogen and oxygen atoms in total. The van der Waals surface area contributed by atoms with Crippen LogP contribution in [0.2, 0.25) is 0 Å². The van der Waals surface area contributed by atoms with Crippen LogP contribution in [-0.4, -0.2) is 27.6 Å². The molecule has 0 aliphatic carbocycles. The molecule has 22 heavy (non-hydrogen) atoms. The summed E-state index contributed by atoms with van der Waals surface area (Å²) in [6, 6.07) is 8.93. The summed E-state index contributed by atoms with van der Waals surface area (Å²) in [6.07, 6.45) is 0.360. The number of nitrogens with zero attached hydrogens (tertiary/aromatic N) is 1. The lowest BCUT2D eigenvalue weighted by Crippen LogP contribution is -2.35. The van der Waals surface area contributed by atoms with Gasteiger partial charge in [0, 0.05) is 12.3 Å². The summed E-state index contributed by atoms with van der Waals surface area (Å²) in [5, 5.41) is 11.9. The maximum atomic E-state index is 12.3. The normalized spacial score (nSPS) is 12.0. The van der Waals surface area contributed by atoms with Crippen molar-refractivity contribution < 1.29 is 9.90 Å². The minimum Gasteiger partial charge on any atom is -0.396 e. The van der Waals surface area contributed by atoms with Crippen LogP contribution in [0.15, 0.2) is 35.1 Å². The van der Waals surface area contributed by atoms with Gasteiger partial charge in [0.05, 0.1) is 11.7 Å². The van der Waals surface area contributed by atoms with Gasteiger partial charge in [0.25, 0.3) is 11.5 Å². The molecule has 0 radical (unpaired) electrons. The van der Waals surface area contributed by atoms with E-state index in [2.05, 4.69) is 15.3 Å². The largest absolute Gasteiger partial charge is 0.396 e. The summed E-state index contributed by atoms with van der Waals surface area (Å²) in [5.41, 5.74) is 1.42. The highest BCUT2D eigenvalue weighted by Gasteiger charge is 2.19. The number of aromatic nitrogens is 2. The Balaban J connectivity index is 2.26. The molecule has 1 heterocycles. The molecule has 2 aromatic rings. The lowest BCUT2D eigenvalue weighted by atomic mass is 10.0. The maximum absolute atomic E-state index is 12.3. The first-order valence-electron chi connectivity index (χ1n) is 7.07. The number of H-pyrrole nitrogens is 1. The number of aliphatic hydroxyl groups is 1. The molecule has 2 rings (SSSR count). The number of amides is 1. The van der Waals surface area contributed by atoms with Gasteiger partial charge in [0.1, 0.15) is 0 Å². The second-order valence-electron chi connectivity index (χ2n) is 5.07. The third kappa shape index (κ3) is 3.59. The molecule has 1 amide bonds. The lowest BCUT2D eigenvalue weighted by molar-refractivity contribution is 0.0923. The SMILES string of the molecule is Cc1nc(C(=O)NC(CCO)c2ccccc2)c(=O)[nH]c1C. The number of aryl methyl sites for hydroxylation is 2. The Morgan fingerprint density at radius 3 is 2.64 bits per heavy atom. The molecule has 1 aromatic carbocycles. The number of hydrogen-bond acceptors (Lipinski definition) is 4. The Morgan fingerprint density at radius 1 is 1.32 bits per heavy atom. The highest BCUT2D eigenvalue weighted by Crippen LogP contribution is 2.16. The molecule has 0 aliphatic rings. The van der Waals surface area contributed by atoms with Gasteiger partial charge in [-0.15, -0.1) is 0 Å². The van der Waals surface area contributed by atoms with Gasteiger partial charge in [-0.3, -0.25) is 9.59 Å². The molecule has 1 unspecified atom stereocenters. The monoisotopic (exact) mass is 301 g/mol. The van der Waals surface area contributed by atoms with Crippen LogP contribution in [0, 0.1) is 13.8 Å². The van der Waals surface area contributed by atoms with Crippen LogP contribution in [0.4, 0.5) is 0 Å². The molecule has 0 aliphatic heterocycles. The van der Waals surface area contributed by atoms with Crippen LogP contribution in [-0.2, 0) is 0 Å². The highest BCUT2D eigenvalue weighted by atomic mass is 16.3. The summed E-state index contributed by atoms with van der Waals surface area (Å²) in [6.45, 7) is 3.38. The molecule has 3 N–H and O–H groups in total.